The predicted octanol–water partition coefficient (Wildman–Crippen LogP) is 1.81. The fourth-order valence-corrected chi connectivity index (χ4v) is 2.54. The van der Waals surface area contributed by atoms with E-state index in [4.69, 9.17) is 32.2 Å². The van der Waals surface area contributed by atoms with Crippen LogP contribution in [0.15, 0.2) is 6.07 Å². The van der Waals surface area contributed by atoms with Crippen molar-refractivity contribution in [3.63, 3.8) is 0 Å². The summed E-state index contributed by atoms with van der Waals surface area (Å²) in [6, 6.07) is 1.49. The van der Waals surface area contributed by atoms with Crippen molar-refractivity contribution in [2.24, 2.45) is 5.73 Å². The molecular formula is C13H18FN3O3S. The maximum Gasteiger partial charge on any atom is 0.323 e. The third kappa shape index (κ3) is 3.31. The van der Waals surface area contributed by atoms with Crippen LogP contribution in [0.2, 0.25) is 0 Å². The first-order valence-electron chi connectivity index (χ1n) is 6.62. The first-order valence-corrected chi connectivity index (χ1v) is 7.03. The van der Waals surface area contributed by atoms with Crippen LogP contribution in [0.5, 0.6) is 17.8 Å². The molecule has 6 nitrogen and oxygen atoms in total. The van der Waals surface area contributed by atoms with Gasteiger partial charge in [-0.15, -0.1) is 0 Å². The average Bonchev–Trinajstić information content (AvgIpc) is 2.49. The van der Waals surface area contributed by atoms with Crippen molar-refractivity contribution in [3.8, 4) is 17.8 Å². The van der Waals surface area contributed by atoms with Gasteiger partial charge in [0.2, 0.25) is 11.8 Å². The summed E-state index contributed by atoms with van der Waals surface area (Å²) < 4.78 is 30.6. The summed E-state index contributed by atoms with van der Waals surface area (Å²) in [4.78, 5) is 7.87. The number of hydrogen-bond donors (Lipinski definition) is 1. The molecule has 2 unspecified atom stereocenters. The monoisotopic (exact) mass is 315 g/mol. The maximum absolute atomic E-state index is 14.9. The van der Waals surface area contributed by atoms with Gasteiger partial charge in [-0.25, -0.2) is 4.39 Å². The minimum atomic E-state index is -1.84. The van der Waals surface area contributed by atoms with Gasteiger partial charge in [-0.3, -0.25) is 0 Å². The summed E-state index contributed by atoms with van der Waals surface area (Å²) >= 11 is 4.85. The van der Waals surface area contributed by atoms with E-state index in [1.807, 2.05) is 0 Å². The molecule has 0 amide bonds. The fourth-order valence-electron chi connectivity index (χ4n) is 2.31. The zero-order valence-electron chi connectivity index (χ0n) is 12.0. The molecule has 1 aliphatic carbocycles. The molecule has 0 aliphatic heterocycles. The highest BCUT2D eigenvalue weighted by Gasteiger charge is 2.46. The van der Waals surface area contributed by atoms with Crippen LogP contribution in [0, 0.1) is 0 Å². The van der Waals surface area contributed by atoms with Crippen molar-refractivity contribution >= 4 is 17.2 Å². The number of nitrogens with zero attached hydrogens (tertiary/aromatic N) is 2. The summed E-state index contributed by atoms with van der Waals surface area (Å²) in [7, 11) is 2.92. The molecule has 1 aliphatic rings. The number of hydrogen-bond acceptors (Lipinski definition) is 6. The molecule has 1 aromatic heterocycles. The molecule has 2 N–H and O–H groups in total. The summed E-state index contributed by atoms with van der Waals surface area (Å²) in [5, 5.41) is 0. The van der Waals surface area contributed by atoms with E-state index < -0.39 is 11.8 Å². The average molecular weight is 315 g/mol. The molecule has 0 bridgehead atoms. The normalized spacial score (nSPS) is 25.2. The molecule has 2 rings (SSSR count). The third-order valence-corrected chi connectivity index (χ3v) is 3.84. The Kier molecular flexibility index (Phi) is 4.76. The smallest absolute Gasteiger partial charge is 0.323 e. The van der Waals surface area contributed by atoms with Crippen molar-refractivity contribution in [2.75, 3.05) is 14.2 Å². The number of ether oxygens (including phenoxy) is 3. The second-order valence-electron chi connectivity index (χ2n) is 4.81. The van der Waals surface area contributed by atoms with E-state index in [0.717, 1.165) is 12.8 Å². The summed E-state index contributed by atoms with van der Waals surface area (Å²) in [6.07, 6.45) is 1.49. The lowest BCUT2D eigenvalue weighted by atomic mass is 9.83. The van der Waals surface area contributed by atoms with Crippen LogP contribution in [0.1, 0.15) is 25.7 Å². The van der Waals surface area contributed by atoms with Crippen molar-refractivity contribution in [2.45, 2.75) is 37.5 Å². The quantitative estimate of drug-likeness (QED) is 0.830. The van der Waals surface area contributed by atoms with Crippen molar-refractivity contribution in [3.05, 3.63) is 6.07 Å². The zero-order chi connectivity index (χ0) is 15.5. The van der Waals surface area contributed by atoms with Gasteiger partial charge in [0.25, 0.3) is 0 Å². The van der Waals surface area contributed by atoms with Gasteiger partial charge in [0, 0.05) is 0 Å². The van der Waals surface area contributed by atoms with E-state index >= 15 is 0 Å². The molecule has 0 aromatic carbocycles. The van der Waals surface area contributed by atoms with Crippen LogP contribution in [0.3, 0.4) is 0 Å². The van der Waals surface area contributed by atoms with E-state index in [-0.39, 0.29) is 29.2 Å². The first kappa shape index (κ1) is 15.7. The van der Waals surface area contributed by atoms with Crippen LogP contribution >= 0.6 is 12.2 Å². The van der Waals surface area contributed by atoms with E-state index in [9.17, 15) is 4.39 Å². The number of aromatic nitrogens is 2. The highest BCUT2D eigenvalue weighted by molar-refractivity contribution is 7.80. The molecule has 0 radical (unpaired) electrons. The minimum absolute atomic E-state index is 0.0172. The lowest BCUT2D eigenvalue weighted by molar-refractivity contribution is 0.0183. The Balaban J connectivity index is 2.25. The predicted molar refractivity (Wildman–Crippen MR) is 78.6 cm³/mol. The van der Waals surface area contributed by atoms with Gasteiger partial charge < -0.3 is 19.9 Å². The Bertz CT molecular complexity index is 509. The van der Waals surface area contributed by atoms with Gasteiger partial charge in [-0.1, -0.05) is 12.2 Å². The topological polar surface area (TPSA) is 79.5 Å². The molecule has 8 heteroatoms. The number of methoxy groups -OCH3 is 2. The first-order chi connectivity index (χ1) is 9.99. The highest BCUT2D eigenvalue weighted by Crippen LogP contribution is 2.35. The molecule has 2 atom stereocenters. The standard InChI is InChI=1S/C13H18FN3O3S/c1-18-9-7-10(19-2)17-12(16-9)20-8-5-3-4-6-13(8,14)11(15)21/h7-8H,3-6H2,1-2H3,(H2,15,21). The van der Waals surface area contributed by atoms with E-state index in [1.165, 1.54) is 20.3 Å². The number of alkyl halides is 1. The van der Waals surface area contributed by atoms with Gasteiger partial charge >= 0.3 is 6.01 Å². The van der Waals surface area contributed by atoms with Crippen LogP contribution < -0.4 is 19.9 Å². The Morgan fingerprint density at radius 1 is 1.33 bits per heavy atom. The molecule has 116 valence electrons. The van der Waals surface area contributed by atoms with Gasteiger partial charge in [0.1, 0.15) is 11.1 Å². The van der Waals surface area contributed by atoms with E-state index in [1.54, 1.807) is 0 Å². The molecule has 1 aromatic rings. The Morgan fingerprint density at radius 3 is 2.48 bits per heavy atom. The van der Waals surface area contributed by atoms with Gasteiger partial charge in [0.05, 0.1) is 20.3 Å². The van der Waals surface area contributed by atoms with Crippen LogP contribution in [0.25, 0.3) is 0 Å². The van der Waals surface area contributed by atoms with Gasteiger partial charge in [-0.05, 0) is 25.7 Å². The van der Waals surface area contributed by atoms with Crippen LogP contribution in [-0.4, -0.2) is 40.9 Å². The SMILES string of the molecule is COc1cc(OC)nc(OC2CCCCC2(F)C(N)=S)n1. The van der Waals surface area contributed by atoms with Gasteiger partial charge in [-0.2, -0.15) is 9.97 Å². The second kappa shape index (κ2) is 6.38. The Labute approximate surface area is 127 Å². The molecular weight excluding hydrogens is 297 g/mol. The minimum Gasteiger partial charge on any atom is -0.481 e. The van der Waals surface area contributed by atoms with Crippen molar-refractivity contribution < 1.29 is 18.6 Å². The van der Waals surface area contributed by atoms with Gasteiger partial charge in [0.15, 0.2) is 5.67 Å². The van der Waals surface area contributed by atoms with Crippen molar-refractivity contribution in [1.29, 1.82) is 0 Å². The molecule has 21 heavy (non-hydrogen) atoms. The highest BCUT2D eigenvalue weighted by atomic mass is 32.1. The second-order valence-corrected chi connectivity index (χ2v) is 5.25. The Morgan fingerprint density at radius 2 is 1.95 bits per heavy atom. The van der Waals surface area contributed by atoms with E-state index in [0.29, 0.717) is 6.42 Å². The van der Waals surface area contributed by atoms with Crippen molar-refractivity contribution in [1.82, 2.24) is 9.97 Å². The Hall–Kier alpha value is -1.70. The number of nitrogens with two attached hydrogens (primary N) is 1. The number of thiocarbonyl (C=S) groups is 1. The molecule has 0 saturated heterocycles. The fraction of sp³-hybridized carbons (Fsp3) is 0.615. The molecule has 0 spiro atoms. The number of halogens is 1. The molecule has 1 heterocycles. The lowest BCUT2D eigenvalue weighted by Gasteiger charge is -2.36. The molecule has 1 fully saturated rings. The maximum atomic E-state index is 14.9. The zero-order valence-corrected chi connectivity index (χ0v) is 12.8. The largest absolute Gasteiger partial charge is 0.481 e. The molecule has 1 saturated carbocycles. The lowest BCUT2D eigenvalue weighted by Crippen LogP contribution is -2.53. The summed E-state index contributed by atoms with van der Waals surface area (Å²) in [5.74, 6) is 0.542. The number of rotatable bonds is 5. The summed E-state index contributed by atoms with van der Waals surface area (Å²) in [6.45, 7) is 0. The van der Waals surface area contributed by atoms with Crippen LogP contribution in [0.4, 0.5) is 4.39 Å². The third-order valence-electron chi connectivity index (χ3n) is 3.50. The summed E-state index contributed by atoms with van der Waals surface area (Å²) in [5.41, 5.74) is 3.70. The van der Waals surface area contributed by atoms with E-state index in [2.05, 4.69) is 9.97 Å². The van der Waals surface area contributed by atoms with Crippen LogP contribution in [-0.2, 0) is 0 Å².